The molecule has 0 fully saturated rings. The van der Waals surface area contributed by atoms with Crippen LogP contribution < -0.4 is 9.47 Å². The van der Waals surface area contributed by atoms with Crippen molar-refractivity contribution in [1.82, 2.24) is 39.9 Å². The number of ether oxygens (including phenoxy) is 5. The lowest BCUT2D eigenvalue weighted by Gasteiger charge is -2.10. The number of aromatic amines is 4. The molecule has 13 nitrogen and oxygen atoms in total. The van der Waals surface area contributed by atoms with Crippen LogP contribution in [0.3, 0.4) is 0 Å². The van der Waals surface area contributed by atoms with E-state index >= 15 is 0 Å². The van der Waals surface area contributed by atoms with Crippen LogP contribution in [0.1, 0.15) is 45.6 Å². The summed E-state index contributed by atoms with van der Waals surface area (Å²) in [6.07, 6.45) is 17.0. The van der Waals surface area contributed by atoms with Crippen molar-refractivity contribution in [3.63, 3.8) is 0 Å². The first-order valence-corrected chi connectivity index (χ1v) is 36.9. The highest BCUT2D eigenvalue weighted by Gasteiger charge is 2.23. The van der Waals surface area contributed by atoms with E-state index in [2.05, 4.69) is 287 Å². The SMILES string of the molecule is C1=Cc2nc1c(-c1ccccc1)c1ccc([nH]1)c(-c1ccccc1)c1nc(c(-c3ccc(OCCOCCOCCOCCOc4ccc(-c5c6nc(c(-c7ccccc7)c7ccc([nH]7)c(-c7ccccc7)c7nc(c(-c8ccccc8)c8ccc5[nH]8)C=C7)C=C6)cc4)cc3)c3ccc([nH]3)c2-c2ccccc2)C=C1. The van der Waals surface area contributed by atoms with Gasteiger partial charge in [-0.3, -0.25) is 0 Å². The number of H-pyrrole nitrogens is 4. The fourth-order valence-corrected chi connectivity index (χ4v) is 14.9. The minimum Gasteiger partial charge on any atom is -0.491 e. The molecule has 10 heterocycles. The summed E-state index contributed by atoms with van der Waals surface area (Å²) >= 11 is 0. The number of aromatic nitrogens is 8. The Hall–Kier alpha value is -13.6. The molecule has 0 atom stereocenters. The van der Waals surface area contributed by atoms with Crippen molar-refractivity contribution in [2.45, 2.75) is 0 Å². The average molecular weight is 1420 g/mol. The third-order valence-electron chi connectivity index (χ3n) is 19.9. The lowest BCUT2D eigenvalue weighted by Crippen LogP contribution is -2.14. The molecule has 6 aromatic heterocycles. The Kier molecular flexibility index (Phi) is 19.1. The van der Waals surface area contributed by atoms with Gasteiger partial charge in [0.15, 0.2) is 0 Å². The molecule has 528 valence electrons. The fourth-order valence-electron chi connectivity index (χ4n) is 14.9. The Morgan fingerprint density at radius 1 is 0.174 bits per heavy atom. The van der Waals surface area contributed by atoms with Crippen LogP contribution in [-0.2, 0) is 14.2 Å². The monoisotopic (exact) mass is 1420 g/mol. The van der Waals surface area contributed by atoms with Crippen LogP contribution in [-0.4, -0.2) is 92.7 Å². The molecule has 0 saturated carbocycles. The zero-order valence-corrected chi connectivity index (χ0v) is 59.7. The van der Waals surface area contributed by atoms with Crippen molar-refractivity contribution >= 4 is 92.7 Å². The first kappa shape index (κ1) is 67.3. The lowest BCUT2D eigenvalue weighted by atomic mass is 10.0. The molecule has 0 spiro atoms. The van der Waals surface area contributed by atoms with E-state index < -0.39 is 0 Å². The molecule has 4 aliphatic heterocycles. The van der Waals surface area contributed by atoms with Gasteiger partial charge in [0.25, 0.3) is 0 Å². The smallest absolute Gasteiger partial charge is 0.119 e. The van der Waals surface area contributed by atoms with Crippen molar-refractivity contribution in [1.29, 1.82) is 0 Å². The Labute approximate surface area is 630 Å². The highest BCUT2D eigenvalue weighted by atomic mass is 16.6. The van der Waals surface area contributed by atoms with Crippen molar-refractivity contribution in [2.24, 2.45) is 0 Å². The predicted octanol–water partition coefficient (Wildman–Crippen LogP) is 22.5. The highest BCUT2D eigenvalue weighted by Crippen LogP contribution is 2.42. The molecular weight excluding hydrogens is 1350 g/mol. The average Bonchev–Trinajstić information content (AvgIpc) is 1.62. The van der Waals surface area contributed by atoms with Crippen LogP contribution in [0.5, 0.6) is 11.5 Å². The number of fused-ring (bicyclic) bond motifs is 16. The van der Waals surface area contributed by atoms with E-state index in [1.165, 1.54) is 0 Å². The van der Waals surface area contributed by atoms with Crippen LogP contribution in [0.25, 0.3) is 182 Å². The molecule has 4 aliphatic rings. The molecule has 14 aromatic rings. The fraction of sp³-hybridized carbons (Fsp3) is 0.0833. The third kappa shape index (κ3) is 14.2. The number of hydrogen-bond acceptors (Lipinski definition) is 9. The van der Waals surface area contributed by atoms with Gasteiger partial charge >= 0.3 is 0 Å². The van der Waals surface area contributed by atoms with Crippen molar-refractivity contribution in [2.75, 3.05) is 52.9 Å². The van der Waals surface area contributed by atoms with Crippen LogP contribution in [0.2, 0.25) is 0 Å². The molecule has 16 bridgehead atoms. The normalized spacial score (nSPS) is 12.1. The summed E-state index contributed by atoms with van der Waals surface area (Å²) in [6, 6.07) is 96.4. The van der Waals surface area contributed by atoms with Crippen LogP contribution in [0.4, 0.5) is 0 Å². The van der Waals surface area contributed by atoms with E-state index in [1.807, 2.05) is 60.7 Å². The maximum atomic E-state index is 6.24. The first-order valence-electron chi connectivity index (χ1n) is 36.9. The molecule has 0 amide bonds. The molecule has 13 heteroatoms. The Morgan fingerprint density at radius 2 is 0.339 bits per heavy atom. The molecule has 8 aromatic carbocycles. The van der Waals surface area contributed by atoms with Gasteiger partial charge in [0, 0.05) is 88.6 Å². The molecule has 0 unspecified atom stereocenters. The summed E-state index contributed by atoms with van der Waals surface area (Å²) in [6.45, 7) is 3.24. The second kappa shape index (κ2) is 30.9. The molecule has 18 rings (SSSR count). The maximum Gasteiger partial charge on any atom is 0.119 e. The Balaban J connectivity index is 0.523. The van der Waals surface area contributed by atoms with Crippen LogP contribution in [0, 0.1) is 0 Å². The quantitative estimate of drug-likeness (QED) is 0.0484. The summed E-state index contributed by atoms with van der Waals surface area (Å²) in [5, 5.41) is 0. The molecule has 0 radical (unpaired) electrons. The van der Waals surface area contributed by atoms with E-state index in [0.717, 1.165) is 190 Å². The van der Waals surface area contributed by atoms with Gasteiger partial charge < -0.3 is 43.6 Å². The van der Waals surface area contributed by atoms with Gasteiger partial charge in [-0.1, -0.05) is 206 Å². The van der Waals surface area contributed by atoms with E-state index in [9.17, 15) is 0 Å². The van der Waals surface area contributed by atoms with Gasteiger partial charge in [0.2, 0.25) is 0 Å². The molecule has 0 aliphatic carbocycles. The third-order valence-corrected chi connectivity index (χ3v) is 19.9. The van der Waals surface area contributed by atoms with E-state index in [-0.39, 0.29) is 0 Å². The summed E-state index contributed by atoms with van der Waals surface area (Å²) in [5.74, 6) is 1.46. The Bertz CT molecular complexity index is 5710. The van der Waals surface area contributed by atoms with E-state index in [4.69, 9.17) is 43.6 Å². The summed E-state index contributed by atoms with van der Waals surface area (Å²) in [4.78, 5) is 37.2. The van der Waals surface area contributed by atoms with Crippen molar-refractivity contribution in [3.05, 3.63) is 325 Å². The van der Waals surface area contributed by atoms with Gasteiger partial charge in [-0.2, -0.15) is 0 Å². The predicted molar refractivity (Wildman–Crippen MR) is 445 cm³/mol. The van der Waals surface area contributed by atoms with Crippen molar-refractivity contribution < 1.29 is 23.7 Å². The van der Waals surface area contributed by atoms with Crippen molar-refractivity contribution in [3.8, 4) is 101 Å². The number of benzene rings is 8. The lowest BCUT2D eigenvalue weighted by molar-refractivity contribution is 0.00499. The van der Waals surface area contributed by atoms with E-state index in [1.54, 1.807) is 0 Å². The minimum atomic E-state index is 0.373. The minimum absolute atomic E-state index is 0.373. The molecule has 109 heavy (non-hydrogen) atoms. The van der Waals surface area contributed by atoms with Gasteiger partial charge in [-0.15, -0.1) is 0 Å². The van der Waals surface area contributed by atoms with Gasteiger partial charge in [-0.05, 0) is 166 Å². The summed E-state index contributed by atoms with van der Waals surface area (Å²) < 4.78 is 30.3. The number of nitrogens with zero attached hydrogens (tertiary/aromatic N) is 4. The van der Waals surface area contributed by atoms with Crippen LogP contribution in [0.15, 0.2) is 279 Å². The number of rotatable bonds is 22. The zero-order chi connectivity index (χ0) is 72.7. The second-order valence-electron chi connectivity index (χ2n) is 26.8. The van der Waals surface area contributed by atoms with Gasteiger partial charge in [0.1, 0.15) is 24.7 Å². The number of hydrogen-bond donors (Lipinski definition) is 4. The molecular formula is C96H74N8O5. The Morgan fingerprint density at radius 3 is 0.523 bits per heavy atom. The largest absolute Gasteiger partial charge is 0.491 e. The number of nitrogens with one attached hydrogen (secondary N) is 4. The molecule has 0 saturated heterocycles. The summed E-state index contributed by atoms with van der Waals surface area (Å²) in [7, 11) is 0. The second-order valence-corrected chi connectivity index (χ2v) is 26.8. The zero-order valence-electron chi connectivity index (χ0n) is 59.7. The standard InChI is InChI=1S/C96H74N8O5/c1-7-19-63(20-8-1)89-73-39-43-77(97-73)91(65-23-11-3-12-24-65)81-47-51-85(101-81)95(86-52-48-82(102-86)92(66-25-13-4-14-26-66)78-44-40-74(89)98-78)69-31-35-71(36-32-69)108-61-59-106-57-55-105-56-58-107-60-62-109-72-37-33-70(34-38-72)96-87-53-49-83(103-87)93(67-27-15-5-16-28-67)79-45-41-75(99-79)90(64-21-9-2-10-22-64)76-42-46-80(100-76)94(68-29-17-6-18-30-68)84-50-54-88(96)104-84/h1-54,97,99,102,104H,55-62H2. The topological polar surface area (TPSA) is 161 Å². The van der Waals surface area contributed by atoms with Crippen LogP contribution >= 0.6 is 0 Å². The summed E-state index contributed by atoms with van der Waals surface area (Å²) in [5.41, 5.74) is 30.6. The van der Waals surface area contributed by atoms with E-state index in [0.29, 0.717) is 52.9 Å². The highest BCUT2D eigenvalue weighted by molar-refractivity contribution is 6.03. The first-order chi connectivity index (χ1) is 54.0. The van der Waals surface area contributed by atoms with Gasteiger partial charge in [-0.25, -0.2) is 19.9 Å². The maximum absolute atomic E-state index is 6.24. The van der Waals surface area contributed by atoms with Gasteiger partial charge in [0.05, 0.1) is 85.2 Å². The molecule has 4 N–H and O–H groups in total.